The first-order valence-electron chi connectivity index (χ1n) is 6.16. The lowest BCUT2D eigenvalue weighted by molar-refractivity contribution is 0.299. The van der Waals surface area contributed by atoms with Gasteiger partial charge in [0.25, 0.3) is 0 Å². The number of halogens is 2. The Labute approximate surface area is 133 Å². The smallest absolute Gasteiger partial charge is 0.0328 e. The molecule has 1 aliphatic heterocycles. The topological polar surface area (TPSA) is 3.24 Å². The van der Waals surface area contributed by atoms with Crippen LogP contribution in [0.15, 0.2) is 34.8 Å². The summed E-state index contributed by atoms with van der Waals surface area (Å²) in [6.07, 6.45) is 0. The third-order valence-electron chi connectivity index (χ3n) is 3.52. The van der Waals surface area contributed by atoms with Crippen LogP contribution in [-0.2, 0) is 6.54 Å². The van der Waals surface area contributed by atoms with E-state index in [4.69, 9.17) is 0 Å². The summed E-state index contributed by atoms with van der Waals surface area (Å²) in [6, 6.07) is 11.1. The fraction of sp³-hybridized carbons (Fsp3) is 0.333. The zero-order valence-corrected chi connectivity index (χ0v) is 14.2. The molecule has 1 nitrogen and oxygen atoms in total. The molecule has 0 aliphatic carbocycles. The predicted octanol–water partition coefficient (Wildman–Crippen LogP) is 4.82. The maximum Gasteiger partial charge on any atom is 0.0328 e. The highest BCUT2D eigenvalue weighted by atomic mass is 79.9. The molecule has 4 heteroatoms. The van der Waals surface area contributed by atoms with Crippen molar-refractivity contribution in [1.82, 2.24) is 4.90 Å². The highest BCUT2D eigenvalue weighted by molar-refractivity contribution is 9.10. The average molecular weight is 359 g/mol. The zero-order valence-electron chi connectivity index (χ0n) is 11.0. The minimum Gasteiger partial charge on any atom is -0.300 e. The van der Waals surface area contributed by atoms with Gasteiger partial charge in [-0.25, -0.2) is 0 Å². The van der Waals surface area contributed by atoms with Gasteiger partial charge in [0.2, 0.25) is 0 Å². The van der Waals surface area contributed by atoms with E-state index in [0.29, 0.717) is 5.92 Å². The van der Waals surface area contributed by atoms with Crippen LogP contribution < -0.4 is 0 Å². The molecule has 0 saturated heterocycles. The molecule has 0 spiro atoms. The van der Waals surface area contributed by atoms with E-state index in [0.717, 1.165) is 17.6 Å². The van der Waals surface area contributed by atoms with Gasteiger partial charge in [0, 0.05) is 33.2 Å². The fourth-order valence-corrected chi connectivity index (χ4v) is 4.14. The van der Waals surface area contributed by atoms with Crippen molar-refractivity contribution in [2.24, 2.45) is 0 Å². The third kappa shape index (κ3) is 3.05. The van der Waals surface area contributed by atoms with Crippen LogP contribution in [0.1, 0.15) is 26.8 Å². The monoisotopic (exact) mass is 357 g/mol. The summed E-state index contributed by atoms with van der Waals surface area (Å²) in [7, 11) is 2.21. The van der Waals surface area contributed by atoms with E-state index in [-0.39, 0.29) is 12.4 Å². The van der Waals surface area contributed by atoms with Crippen molar-refractivity contribution in [2.75, 3.05) is 13.6 Å². The summed E-state index contributed by atoms with van der Waals surface area (Å²) >= 11 is 5.45. The summed E-state index contributed by atoms with van der Waals surface area (Å²) in [6.45, 7) is 4.42. The number of hydrogen-bond donors (Lipinski definition) is 0. The second-order valence-electron chi connectivity index (χ2n) is 5.04. The van der Waals surface area contributed by atoms with Crippen molar-refractivity contribution in [1.29, 1.82) is 0 Å². The van der Waals surface area contributed by atoms with Gasteiger partial charge in [-0.2, -0.15) is 0 Å². The molecule has 0 radical (unpaired) electrons. The lowest BCUT2D eigenvalue weighted by atomic mass is 9.88. The van der Waals surface area contributed by atoms with E-state index in [9.17, 15) is 0 Å². The molecule has 0 N–H and O–H groups in total. The number of fused-ring (bicyclic) bond motifs is 1. The Morgan fingerprint density at radius 1 is 1.26 bits per heavy atom. The van der Waals surface area contributed by atoms with E-state index in [1.54, 1.807) is 0 Å². The van der Waals surface area contributed by atoms with Crippen molar-refractivity contribution >= 4 is 39.7 Å². The first-order valence-corrected chi connectivity index (χ1v) is 7.77. The van der Waals surface area contributed by atoms with Gasteiger partial charge in [-0.3, -0.25) is 0 Å². The van der Waals surface area contributed by atoms with Gasteiger partial charge in [0.05, 0.1) is 0 Å². The molecule has 19 heavy (non-hydrogen) atoms. The molecule has 0 fully saturated rings. The van der Waals surface area contributed by atoms with Crippen LogP contribution in [0.2, 0.25) is 0 Å². The Balaban J connectivity index is 0.00000133. The number of rotatable bonds is 1. The van der Waals surface area contributed by atoms with Crippen molar-refractivity contribution < 1.29 is 0 Å². The van der Waals surface area contributed by atoms with Crippen LogP contribution in [0.25, 0.3) is 0 Å². The molecule has 1 aromatic carbocycles. The Hall–Kier alpha value is -0.350. The maximum atomic E-state index is 3.51. The van der Waals surface area contributed by atoms with Crippen LogP contribution in [-0.4, -0.2) is 18.5 Å². The Bertz CT molecular complexity index is 564. The number of likely N-dealkylation sites (N-methyl/N-ethyl adjacent to an activating group) is 1. The summed E-state index contributed by atoms with van der Waals surface area (Å²) in [4.78, 5) is 5.39. The minimum atomic E-state index is 0. The van der Waals surface area contributed by atoms with Crippen molar-refractivity contribution in [2.45, 2.75) is 19.4 Å². The second-order valence-corrected chi connectivity index (χ2v) is 7.29. The van der Waals surface area contributed by atoms with Crippen LogP contribution >= 0.6 is 39.7 Å². The van der Waals surface area contributed by atoms with Crippen LogP contribution in [0.5, 0.6) is 0 Å². The molecule has 0 saturated carbocycles. The van der Waals surface area contributed by atoms with E-state index in [1.807, 2.05) is 11.3 Å². The SMILES string of the molecule is Cc1cc2c(s1)CN(C)CC2c1ccc(Br)cc1.Cl. The molecule has 1 unspecified atom stereocenters. The molecule has 1 aromatic heterocycles. The first kappa shape index (κ1) is 15.0. The second kappa shape index (κ2) is 5.96. The third-order valence-corrected chi connectivity index (χ3v) is 5.10. The van der Waals surface area contributed by atoms with E-state index in [2.05, 4.69) is 65.1 Å². The summed E-state index contributed by atoms with van der Waals surface area (Å²) < 4.78 is 1.15. The maximum absolute atomic E-state index is 3.51. The molecule has 1 atom stereocenters. The lowest BCUT2D eigenvalue weighted by Crippen LogP contribution is -2.29. The van der Waals surface area contributed by atoms with E-state index >= 15 is 0 Å². The Morgan fingerprint density at radius 3 is 2.63 bits per heavy atom. The molecule has 0 amide bonds. The van der Waals surface area contributed by atoms with Gasteiger partial charge < -0.3 is 4.90 Å². The van der Waals surface area contributed by atoms with Gasteiger partial charge in [0.1, 0.15) is 0 Å². The standard InChI is InChI=1S/C15H16BrNS.ClH/c1-10-7-13-14(8-17(2)9-15(13)18-10)11-3-5-12(16)6-4-11;/h3-7,14H,8-9H2,1-2H3;1H. The molecule has 1 aliphatic rings. The molecule has 3 rings (SSSR count). The summed E-state index contributed by atoms with van der Waals surface area (Å²) in [5.74, 6) is 0.525. The van der Waals surface area contributed by atoms with Gasteiger partial charge >= 0.3 is 0 Å². The van der Waals surface area contributed by atoms with Gasteiger partial charge in [0.15, 0.2) is 0 Å². The number of hydrogen-bond acceptors (Lipinski definition) is 2. The Kier molecular flexibility index (Phi) is 4.72. The quantitative estimate of drug-likeness (QED) is 0.706. The van der Waals surface area contributed by atoms with E-state index < -0.39 is 0 Å². The number of nitrogens with zero attached hydrogens (tertiary/aromatic N) is 1. The van der Waals surface area contributed by atoms with Crippen LogP contribution in [0, 0.1) is 6.92 Å². The number of thiophene rings is 1. The highest BCUT2D eigenvalue weighted by Crippen LogP contribution is 2.37. The molecule has 2 heterocycles. The molecule has 0 bridgehead atoms. The Morgan fingerprint density at radius 2 is 1.95 bits per heavy atom. The molecular formula is C15H17BrClNS. The first-order chi connectivity index (χ1) is 8.63. The highest BCUT2D eigenvalue weighted by Gasteiger charge is 2.26. The average Bonchev–Trinajstić information content (AvgIpc) is 2.69. The predicted molar refractivity (Wildman–Crippen MR) is 88.6 cm³/mol. The minimum absolute atomic E-state index is 0. The number of aryl methyl sites for hydroxylation is 1. The summed E-state index contributed by atoms with van der Waals surface area (Å²) in [5, 5.41) is 0. The lowest BCUT2D eigenvalue weighted by Gasteiger charge is -2.30. The van der Waals surface area contributed by atoms with Gasteiger partial charge in [-0.1, -0.05) is 28.1 Å². The molecule has 102 valence electrons. The van der Waals surface area contributed by atoms with Crippen molar-refractivity contribution in [3.63, 3.8) is 0 Å². The van der Waals surface area contributed by atoms with E-state index in [1.165, 1.54) is 20.9 Å². The van der Waals surface area contributed by atoms with Crippen molar-refractivity contribution in [3.8, 4) is 0 Å². The summed E-state index contributed by atoms with van der Waals surface area (Å²) in [5.41, 5.74) is 2.96. The van der Waals surface area contributed by atoms with Gasteiger partial charge in [-0.05, 0) is 43.3 Å². The fourth-order valence-electron chi connectivity index (χ4n) is 2.70. The molecule has 2 aromatic rings. The van der Waals surface area contributed by atoms with Gasteiger partial charge in [-0.15, -0.1) is 23.7 Å². The van der Waals surface area contributed by atoms with Crippen molar-refractivity contribution in [3.05, 3.63) is 55.7 Å². The normalized spacial score (nSPS) is 18.8. The van der Waals surface area contributed by atoms with Crippen LogP contribution in [0.4, 0.5) is 0 Å². The zero-order chi connectivity index (χ0) is 12.7. The largest absolute Gasteiger partial charge is 0.300 e. The van der Waals surface area contributed by atoms with Crippen LogP contribution in [0.3, 0.4) is 0 Å². The number of benzene rings is 1. The molecular weight excluding hydrogens is 342 g/mol.